The van der Waals surface area contributed by atoms with Crippen molar-refractivity contribution in [2.24, 2.45) is 0 Å². The second kappa shape index (κ2) is 6.72. The molecule has 2 aromatic rings. The zero-order valence-corrected chi connectivity index (χ0v) is 15.1. The molecule has 2 fully saturated rings. The molecular formula is C19H23N3O4. The van der Waals surface area contributed by atoms with Crippen molar-refractivity contribution in [3.63, 3.8) is 0 Å². The van der Waals surface area contributed by atoms with Crippen molar-refractivity contribution in [3.8, 4) is 5.88 Å². The third kappa shape index (κ3) is 2.96. The first kappa shape index (κ1) is 17.0. The Labute approximate surface area is 152 Å². The van der Waals surface area contributed by atoms with Gasteiger partial charge in [0.2, 0.25) is 11.6 Å². The smallest absolute Gasteiger partial charge is 0.292 e. The number of likely N-dealkylation sites (tertiary alicyclic amines) is 1. The van der Waals surface area contributed by atoms with Crippen LogP contribution in [0.4, 0.5) is 0 Å². The van der Waals surface area contributed by atoms with E-state index in [1.807, 2.05) is 23.1 Å². The predicted octanol–water partition coefficient (Wildman–Crippen LogP) is 2.61. The molecule has 1 saturated heterocycles. The molecular weight excluding hydrogens is 334 g/mol. The normalized spacial score (nSPS) is 28.0. The number of ether oxygens (including phenoxy) is 2. The highest BCUT2D eigenvalue weighted by Crippen LogP contribution is 2.43. The van der Waals surface area contributed by atoms with Gasteiger partial charge in [-0.3, -0.25) is 4.79 Å². The fourth-order valence-corrected chi connectivity index (χ4v) is 4.21. The molecule has 1 aliphatic carbocycles. The van der Waals surface area contributed by atoms with Crippen molar-refractivity contribution in [3.05, 3.63) is 41.9 Å². The predicted molar refractivity (Wildman–Crippen MR) is 92.9 cm³/mol. The Hall–Kier alpha value is -2.41. The van der Waals surface area contributed by atoms with Crippen LogP contribution in [0.15, 0.2) is 35.0 Å². The lowest BCUT2D eigenvalue weighted by Gasteiger charge is -2.43. The monoisotopic (exact) mass is 357 g/mol. The van der Waals surface area contributed by atoms with Gasteiger partial charge in [0, 0.05) is 38.4 Å². The van der Waals surface area contributed by atoms with Crippen LogP contribution in [0.2, 0.25) is 0 Å². The number of hydrogen-bond donors (Lipinski definition) is 0. The molecule has 7 nitrogen and oxygen atoms in total. The van der Waals surface area contributed by atoms with Gasteiger partial charge in [0.05, 0.1) is 17.3 Å². The van der Waals surface area contributed by atoms with E-state index in [1.165, 1.54) is 0 Å². The number of carbonyl (C=O) groups is 1. The first-order valence-electron chi connectivity index (χ1n) is 8.98. The maximum atomic E-state index is 12.9. The van der Waals surface area contributed by atoms with E-state index in [-0.39, 0.29) is 29.4 Å². The van der Waals surface area contributed by atoms with Gasteiger partial charge in [-0.15, -0.1) is 0 Å². The highest BCUT2D eigenvalue weighted by atomic mass is 16.5. The van der Waals surface area contributed by atoms with E-state index in [2.05, 4.69) is 10.1 Å². The van der Waals surface area contributed by atoms with Gasteiger partial charge in [-0.25, -0.2) is 4.98 Å². The summed E-state index contributed by atoms with van der Waals surface area (Å²) >= 11 is 0. The number of amides is 1. The summed E-state index contributed by atoms with van der Waals surface area (Å²) in [6.45, 7) is 2.45. The molecule has 1 amide bonds. The zero-order chi connectivity index (χ0) is 18.1. The lowest BCUT2D eigenvalue weighted by atomic mass is 9.79. The van der Waals surface area contributed by atoms with E-state index in [0.717, 1.165) is 19.3 Å². The van der Waals surface area contributed by atoms with Crippen LogP contribution in [0, 0.1) is 6.92 Å². The summed E-state index contributed by atoms with van der Waals surface area (Å²) in [7, 11) is 1.74. The maximum Gasteiger partial charge on any atom is 0.292 e. The van der Waals surface area contributed by atoms with E-state index in [1.54, 1.807) is 26.3 Å². The van der Waals surface area contributed by atoms with Crippen molar-refractivity contribution in [1.29, 1.82) is 0 Å². The number of carbonyl (C=O) groups excluding carboxylic acids is 1. The largest absolute Gasteiger partial charge is 0.474 e. The number of pyridine rings is 1. The summed E-state index contributed by atoms with van der Waals surface area (Å²) in [4.78, 5) is 19.0. The summed E-state index contributed by atoms with van der Waals surface area (Å²) in [6, 6.07) is 7.25. The molecule has 0 N–H and O–H groups in total. The van der Waals surface area contributed by atoms with Crippen LogP contribution in [-0.2, 0) is 4.74 Å². The molecule has 3 heterocycles. The van der Waals surface area contributed by atoms with Gasteiger partial charge in [0.25, 0.3) is 5.91 Å². The molecule has 1 aliphatic heterocycles. The molecule has 0 spiro atoms. The van der Waals surface area contributed by atoms with Gasteiger partial charge < -0.3 is 18.9 Å². The number of fused-ring (bicyclic) bond motifs is 1. The van der Waals surface area contributed by atoms with Gasteiger partial charge >= 0.3 is 0 Å². The number of hydrogen-bond acceptors (Lipinski definition) is 6. The summed E-state index contributed by atoms with van der Waals surface area (Å²) in [5.74, 6) is 0.763. The molecule has 0 radical (unpaired) electrons. The fourth-order valence-electron chi connectivity index (χ4n) is 4.21. The van der Waals surface area contributed by atoms with Crippen LogP contribution in [0.5, 0.6) is 5.88 Å². The molecule has 0 aromatic carbocycles. The van der Waals surface area contributed by atoms with Gasteiger partial charge in [0.1, 0.15) is 6.10 Å². The Bertz CT molecular complexity index is 778. The van der Waals surface area contributed by atoms with E-state index >= 15 is 0 Å². The fraction of sp³-hybridized carbons (Fsp3) is 0.526. The van der Waals surface area contributed by atoms with Crippen LogP contribution in [-0.4, -0.2) is 52.3 Å². The molecule has 3 atom stereocenters. The molecule has 0 unspecified atom stereocenters. The summed E-state index contributed by atoms with van der Waals surface area (Å²) in [5, 5.41) is 3.83. The minimum atomic E-state index is -0.311. The van der Waals surface area contributed by atoms with Gasteiger partial charge in [0.15, 0.2) is 0 Å². The van der Waals surface area contributed by atoms with Crippen molar-refractivity contribution in [2.75, 3.05) is 13.7 Å². The Morgan fingerprint density at radius 2 is 2.27 bits per heavy atom. The van der Waals surface area contributed by atoms with E-state index in [4.69, 9.17) is 14.0 Å². The van der Waals surface area contributed by atoms with Crippen molar-refractivity contribution in [2.45, 2.75) is 50.4 Å². The molecule has 7 heteroatoms. The Kier molecular flexibility index (Phi) is 4.40. The van der Waals surface area contributed by atoms with Gasteiger partial charge in [-0.05, 0) is 32.3 Å². The topological polar surface area (TPSA) is 77.7 Å². The van der Waals surface area contributed by atoms with Gasteiger partial charge in [-0.2, -0.15) is 0 Å². The zero-order valence-electron chi connectivity index (χ0n) is 15.1. The second-order valence-electron chi connectivity index (χ2n) is 7.05. The van der Waals surface area contributed by atoms with Crippen molar-refractivity contribution < 1.29 is 18.8 Å². The van der Waals surface area contributed by atoms with E-state index in [0.29, 0.717) is 24.5 Å². The average molecular weight is 357 g/mol. The molecule has 2 aliphatic rings. The van der Waals surface area contributed by atoms with Crippen molar-refractivity contribution >= 4 is 5.91 Å². The number of rotatable bonds is 4. The third-order valence-electron chi connectivity index (χ3n) is 5.57. The van der Waals surface area contributed by atoms with E-state index in [9.17, 15) is 4.79 Å². The highest BCUT2D eigenvalue weighted by Gasteiger charge is 2.53. The number of aryl methyl sites for hydroxylation is 1. The lowest BCUT2D eigenvalue weighted by molar-refractivity contribution is -0.0791. The first-order chi connectivity index (χ1) is 12.6. The standard InChI is InChI=1S/C19H23N3O4/c1-13-11-15(26-21-13)18(23)22-10-8-19(24-2)7-6-14(12-16(19)22)25-17-5-3-4-9-20-17/h3-5,9,11,14,16H,6-8,10,12H2,1-2H3/t14-,16+,19-/m1/s1. The maximum absolute atomic E-state index is 12.9. The first-order valence-corrected chi connectivity index (χ1v) is 8.98. The highest BCUT2D eigenvalue weighted by molar-refractivity contribution is 5.92. The van der Waals surface area contributed by atoms with Crippen LogP contribution in [0.3, 0.4) is 0 Å². The Morgan fingerprint density at radius 1 is 1.38 bits per heavy atom. The van der Waals surface area contributed by atoms with Crippen LogP contribution in [0.1, 0.15) is 41.9 Å². The average Bonchev–Trinajstić information content (AvgIpc) is 3.26. The Balaban J connectivity index is 1.53. The SMILES string of the molecule is CO[C@@]12CC[C@@H](Oc3ccccn3)C[C@@H]1N(C(=O)c1cc(C)no1)CC2. The molecule has 0 bridgehead atoms. The molecule has 2 aromatic heterocycles. The van der Waals surface area contributed by atoms with Crippen molar-refractivity contribution in [1.82, 2.24) is 15.0 Å². The van der Waals surface area contributed by atoms with E-state index < -0.39 is 0 Å². The molecule has 26 heavy (non-hydrogen) atoms. The van der Waals surface area contributed by atoms with Crippen LogP contribution < -0.4 is 4.74 Å². The Morgan fingerprint density at radius 3 is 2.96 bits per heavy atom. The molecule has 138 valence electrons. The van der Waals surface area contributed by atoms with Gasteiger partial charge in [-0.1, -0.05) is 11.2 Å². The summed E-state index contributed by atoms with van der Waals surface area (Å²) < 4.78 is 17.1. The van der Waals surface area contributed by atoms with Crippen LogP contribution >= 0.6 is 0 Å². The minimum absolute atomic E-state index is 0.00281. The summed E-state index contributed by atoms with van der Waals surface area (Å²) in [6.07, 6.45) is 4.99. The van der Waals surface area contributed by atoms with Crippen LogP contribution in [0.25, 0.3) is 0 Å². The minimum Gasteiger partial charge on any atom is -0.474 e. The number of aromatic nitrogens is 2. The summed E-state index contributed by atoms with van der Waals surface area (Å²) in [5.41, 5.74) is 0.389. The quantitative estimate of drug-likeness (QED) is 0.837. The molecule has 1 saturated carbocycles. The number of methoxy groups -OCH3 is 1. The lowest BCUT2D eigenvalue weighted by Crippen LogP contribution is -2.53. The second-order valence-corrected chi connectivity index (χ2v) is 7.05. The molecule has 4 rings (SSSR count). The number of nitrogens with zero attached hydrogens (tertiary/aromatic N) is 3. The third-order valence-corrected chi connectivity index (χ3v) is 5.57.